The van der Waals surface area contributed by atoms with Crippen LogP contribution in [-0.2, 0) is 0 Å². The lowest BCUT2D eigenvalue weighted by Gasteiger charge is -2.08. The SMILES string of the molecule is NC(CCO)c1ccc2nccnc2n1. The predicted octanol–water partition coefficient (Wildman–Crippen LogP) is 0.407. The topological polar surface area (TPSA) is 84.9 Å². The molecule has 2 heterocycles. The highest BCUT2D eigenvalue weighted by Crippen LogP contribution is 2.13. The fraction of sp³-hybridized carbons (Fsp3) is 0.300. The molecule has 0 fully saturated rings. The van der Waals surface area contributed by atoms with Gasteiger partial charge in [-0.15, -0.1) is 0 Å². The van der Waals surface area contributed by atoms with E-state index >= 15 is 0 Å². The Kier molecular flexibility index (Phi) is 2.84. The first-order valence-corrected chi connectivity index (χ1v) is 4.75. The van der Waals surface area contributed by atoms with Gasteiger partial charge in [-0.05, 0) is 18.6 Å². The van der Waals surface area contributed by atoms with Crippen LogP contribution in [0, 0.1) is 0 Å². The van der Waals surface area contributed by atoms with Crippen LogP contribution in [-0.4, -0.2) is 26.7 Å². The molecule has 0 saturated carbocycles. The van der Waals surface area contributed by atoms with Crippen LogP contribution in [0.15, 0.2) is 24.5 Å². The number of aliphatic hydroxyl groups is 1. The van der Waals surface area contributed by atoms with E-state index in [9.17, 15) is 0 Å². The predicted molar refractivity (Wildman–Crippen MR) is 56.0 cm³/mol. The van der Waals surface area contributed by atoms with Gasteiger partial charge < -0.3 is 10.8 Å². The Hall–Kier alpha value is -1.59. The van der Waals surface area contributed by atoms with E-state index in [1.807, 2.05) is 12.1 Å². The van der Waals surface area contributed by atoms with Crippen LogP contribution in [0.5, 0.6) is 0 Å². The van der Waals surface area contributed by atoms with Gasteiger partial charge in [-0.25, -0.2) is 9.97 Å². The summed E-state index contributed by atoms with van der Waals surface area (Å²) in [6.45, 7) is 0.0569. The molecular formula is C10H12N4O. The first kappa shape index (κ1) is 9.95. The van der Waals surface area contributed by atoms with Crippen molar-refractivity contribution in [2.75, 3.05) is 6.61 Å². The van der Waals surface area contributed by atoms with Crippen molar-refractivity contribution in [3.63, 3.8) is 0 Å². The smallest absolute Gasteiger partial charge is 0.178 e. The molecule has 0 aromatic carbocycles. The molecule has 0 radical (unpaired) electrons. The third kappa shape index (κ3) is 2.08. The molecule has 2 aromatic heterocycles. The van der Waals surface area contributed by atoms with E-state index in [4.69, 9.17) is 10.8 Å². The van der Waals surface area contributed by atoms with E-state index in [1.54, 1.807) is 12.4 Å². The summed E-state index contributed by atoms with van der Waals surface area (Å²) < 4.78 is 0. The highest BCUT2D eigenvalue weighted by molar-refractivity contribution is 5.68. The number of rotatable bonds is 3. The fourth-order valence-corrected chi connectivity index (χ4v) is 1.36. The number of hydrogen-bond donors (Lipinski definition) is 2. The molecule has 0 aliphatic carbocycles. The Morgan fingerprint density at radius 3 is 2.87 bits per heavy atom. The van der Waals surface area contributed by atoms with Gasteiger partial charge in [0.05, 0.1) is 5.69 Å². The quantitative estimate of drug-likeness (QED) is 0.756. The van der Waals surface area contributed by atoms with Crippen molar-refractivity contribution >= 4 is 11.2 Å². The number of nitrogens with two attached hydrogens (primary N) is 1. The summed E-state index contributed by atoms with van der Waals surface area (Å²) in [7, 11) is 0. The minimum atomic E-state index is -0.249. The van der Waals surface area contributed by atoms with E-state index in [0.717, 1.165) is 11.2 Å². The van der Waals surface area contributed by atoms with Crippen LogP contribution in [0.25, 0.3) is 11.2 Å². The second kappa shape index (κ2) is 4.29. The van der Waals surface area contributed by atoms with E-state index in [2.05, 4.69) is 15.0 Å². The van der Waals surface area contributed by atoms with Gasteiger partial charge in [0.15, 0.2) is 5.65 Å². The number of hydrogen-bond acceptors (Lipinski definition) is 5. The summed E-state index contributed by atoms with van der Waals surface area (Å²) in [5.41, 5.74) is 7.89. The Bertz CT molecular complexity index is 460. The zero-order valence-electron chi connectivity index (χ0n) is 8.17. The average molecular weight is 204 g/mol. The van der Waals surface area contributed by atoms with Crippen molar-refractivity contribution in [3.05, 3.63) is 30.2 Å². The molecule has 2 aromatic rings. The van der Waals surface area contributed by atoms with Crippen LogP contribution in [0.1, 0.15) is 18.2 Å². The maximum atomic E-state index is 8.78. The van der Waals surface area contributed by atoms with Crippen molar-refractivity contribution in [1.82, 2.24) is 15.0 Å². The third-order valence-electron chi connectivity index (χ3n) is 2.17. The minimum absolute atomic E-state index is 0.0569. The number of aromatic nitrogens is 3. The van der Waals surface area contributed by atoms with Gasteiger partial charge in [-0.2, -0.15) is 0 Å². The molecule has 1 unspecified atom stereocenters. The van der Waals surface area contributed by atoms with Gasteiger partial charge in [0.25, 0.3) is 0 Å². The molecule has 0 bridgehead atoms. The molecule has 5 heteroatoms. The molecule has 15 heavy (non-hydrogen) atoms. The summed E-state index contributed by atoms with van der Waals surface area (Å²) in [6.07, 6.45) is 3.72. The molecule has 0 saturated heterocycles. The summed E-state index contributed by atoms with van der Waals surface area (Å²) in [6, 6.07) is 3.40. The van der Waals surface area contributed by atoms with Gasteiger partial charge in [-0.1, -0.05) is 0 Å². The molecule has 1 atom stereocenters. The van der Waals surface area contributed by atoms with Gasteiger partial charge in [0.1, 0.15) is 5.52 Å². The van der Waals surface area contributed by atoms with E-state index < -0.39 is 0 Å². The van der Waals surface area contributed by atoms with Crippen molar-refractivity contribution < 1.29 is 5.11 Å². The normalized spacial score (nSPS) is 12.9. The second-order valence-corrected chi connectivity index (χ2v) is 3.25. The lowest BCUT2D eigenvalue weighted by Crippen LogP contribution is -2.13. The van der Waals surface area contributed by atoms with Crippen LogP contribution < -0.4 is 5.73 Å². The van der Waals surface area contributed by atoms with Crippen LogP contribution >= 0.6 is 0 Å². The van der Waals surface area contributed by atoms with E-state index in [0.29, 0.717) is 12.1 Å². The third-order valence-corrected chi connectivity index (χ3v) is 2.17. The lowest BCUT2D eigenvalue weighted by atomic mass is 10.1. The van der Waals surface area contributed by atoms with Crippen LogP contribution in [0.2, 0.25) is 0 Å². The van der Waals surface area contributed by atoms with Gasteiger partial charge in [-0.3, -0.25) is 4.98 Å². The lowest BCUT2D eigenvalue weighted by molar-refractivity contribution is 0.275. The van der Waals surface area contributed by atoms with Crippen molar-refractivity contribution in [1.29, 1.82) is 0 Å². The van der Waals surface area contributed by atoms with Gasteiger partial charge in [0, 0.05) is 25.0 Å². The molecule has 0 aliphatic heterocycles. The molecule has 0 aliphatic rings. The number of aliphatic hydroxyl groups excluding tert-OH is 1. The second-order valence-electron chi connectivity index (χ2n) is 3.25. The number of nitrogens with zero attached hydrogens (tertiary/aromatic N) is 3. The Balaban J connectivity index is 2.38. The van der Waals surface area contributed by atoms with E-state index in [-0.39, 0.29) is 12.6 Å². The van der Waals surface area contributed by atoms with Crippen LogP contribution in [0.3, 0.4) is 0 Å². The molecule has 3 N–H and O–H groups in total. The minimum Gasteiger partial charge on any atom is -0.396 e. The maximum Gasteiger partial charge on any atom is 0.178 e. The number of pyridine rings is 1. The highest BCUT2D eigenvalue weighted by atomic mass is 16.3. The summed E-state index contributed by atoms with van der Waals surface area (Å²) in [5, 5.41) is 8.78. The Labute approximate surface area is 87.0 Å². The van der Waals surface area contributed by atoms with Gasteiger partial charge >= 0.3 is 0 Å². The monoisotopic (exact) mass is 204 g/mol. The zero-order chi connectivity index (χ0) is 10.7. The van der Waals surface area contributed by atoms with Gasteiger partial charge in [0.2, 0.25) is 0 Å². The molecule has 0 spiro atoms. The van der Waals surface area contributed by atoms with E-state index in [1.165, 1.54) is 0 Å². The summed E-state index contributed by atoms with van der Waals surface area (Å²) in [4.78, 5) is 12.5. The number of fused-ring (bicyclic) bond motifs is 1. The summed E-state index contributed by atoms with van der Waals surface area (Å²) in [5.74, 6) is 0. The van der Waals surface area contributed by atoms with Crippen molar-refractivity contribution in [2.24, 2.45) is 5.73 Å². The van der Waals surface area contributed by atoms with Crippen molar-refractivity contribution in [2.45, 2.75) is 12.5 Å². The first-order chi connectivity index (χ1) is 7.31. The highest BCUT2D eigenvalue weighted by Gasteiger charge is 2.07. The summed E-state index contributed by atoms with van der Waals surface area (Å²) >= 11 is 0. The fourth-order valence-electron chi connectivity index (χ4n) is 1.36. The molecular weight excluding hydrogens is 192 g/mol. The first-order valence-electron chi connectivity index (χ1n) is 4.75. The average Bonchev–Trinajstić information content (AvgIpc) is 2.29. The molecule has 5 nitrogen and oxygen atoms in total. The zero-order valence-corrected chi connectivity index (χ0v) is 8.17. The maximum absolute atomic E-state index is 8.78. The molecule has 2 rings (SSSR count). The van der Waals surface area contributed by atoms with Crippen LogP contribution in [0.4, 0.5) is 0 Å². The largest absolute Gasteiger partial charge is 0.396 e. The van der Waals surface area contributed by atoms with Crippen molar-refractivity contribution in [3.8, 4) is 0 Å². The molecule has 78 valence electrons. The standard InChI is InChI=1S/C10H12N4O/c11-7(3-6-15)8-1-2-9-10(14-8)13-5-4-12-9/h1-2,4-5,7,15H,3,6,11H2. The molecule has 0 amide bonds. The Morgan fingerprint density at radius 1 is 1.27 bits per heavy atom. The Morgan fingerprint density at radius 2 is 2.07 bits per heavy atom.